The van der Waals surface area contributed by atoms with E-state index in [4.69, 9.17) is 0 Å². The maximum atomic E-state index is 12.8. The van der Waals surface area contributed by atoms with Gasteiger partial charge < -0.3 is 10.6 Å². The first-order valence-corrected chi connectivity index (χ1v) is 9.90. The Kier molecular flexibility index (Phi) is 4.65. The molecule has 6 heteroatoms. The van der Waals surface area contributed by atoms with Gasteiger partial charge in [0.15, 0.2) is 0 Å². The van der Waals surface area contributed by atoms with E-state index in [2.05, 4.69) is 20.6 Å². The van der Waals surface area contributed by atoms with Gasteiger partial charge in [0, 0.05) is 23.0 Å². The van der Waals surface area contributed by atoms with Crippen LogP contribution < -0.4 is 10.6 Å². The Balaban J connectivity index is 1.47. The van der Waals surface area contributed by atoms with E-state index in [1.165, 1.54) is 0 Å². The number of fused-ring (bicyclic) bond motifs is 2. The Morgan fingerprint density at radius 2 is 1.57 bits per heavy atom. The monoisotopic (exact) mass is 378 g/mol. The van der Waals surface area contributed by atoms with Crippen molar-refractivity contribution >= 4 is 11.8 Å². The molecule has 0 aliphatic heterocycles. The van der Waals surface area contributed by atoms with Crippen molar-refractivity contribution in [2.75, 3.05) is 0 Å². The average Bonchev–Trinajstić information content (AvgIpc) is 2.92. The molecule has 2 unspecified atom stereocenters. The molecule has 2 bridgehead atoms. The fourth-order valence-electron chi connectivity index (χ4n) is 4.71. The molecule has 2 atom stereocenters. The van der Waals surface area contributed by atoms with E-state index < -0.39 is 0 Å². The molecule has 0 aromatic carbocycles. The van der Waals surface area contributed by atoms with Gasteiger partial charge in [0.1, 0.15) is 11.4 Å². The van der Waals surface area contributed by atoms with Gasteiger partial charge in [-0.15, -0.1) is 0 Å². The van der Waals surface area contributed by atoms with Gasteiger partial charge >= 0.3 is 0 Å². The zero-order valence-corrected chi connectivity index (χ0v) is 16.4. The summed E-state index contributed by atoms with van der Waals surface area (Å²) in [7, 11) is 0. The molecule has 0 spiro atoms. The minimum atomic E-state index is -0.269. The van der Waals surface area contributed by atoms with Gasteiger partial charge in [0.05, 0.1) is 0 Å². The molecule has 28 heavy (non-hydrogen) atoms. The van der Waals surface area contributed by atoms with Crippen LogP contribution in [0.15, 0.2) is 36.5 Å². The first-order chi connectivity index (χ1) is 13.4. The van der Waals surface area contributed by atoms with E-state index in [-0.39, 0.29) is 22.9 Å². The number of pyridine rings is 2. The van der Waals surface area contributed by atoms with Crippen molar-refractivity contribution in [3.05, 3.63) is 59.2 Å². The molecule has 2 aliphatic rings. The molecule has 2 N–H and O–H groups in total. The highest BCUT2D eigenvalue weighted by Crippen LogP contribution is 2.48. The molecule has 2 fully saturated rings. The number of aryl methyl sites for hydroxylation is 2. The Morgan fingerprint density at radius 3 is 2.18 bits per heavy atom. The zero-order chi connectivity index (χ0) is 19.8. The van der Waals surface area contributed by atoms with Crippen LogP contribution in [0.4, 0.5) is 0 Å². The Hall–Kier alpha value is -2.76. The summed E-state index contributed by atoms with van der Waals surface area (Å²) in [6.07, 6.45) is 7.05. The number of amides is 2. The van der Waals surface area contributed by atoms with Crippen LogP contribution in [0, 0.1) is 13.8 Å². The van der Waals surface area contributed by atoms with Crippen LogP contribution in [-0.2, 0) is 0 Å². The van der Waals surface area contributed by atoms with E-state index in [0.717, 1.165) is 49.8 Å². The number of carbonyl (C=O) groups excluding carboxylic acids is 2. The highest BCUT2D eigenvalue weighted by molar-refractivity contribution is 5.93. The maximum Gasteiger partial charge on any atom is 0.270 e. The summed E-state index contributed by atoms with van der Waals surface area (Å²) in [5, 5.41) is 6.48. The van der Waals surface area contributed by atoms with Gasteiger partial charge in [-0.2, -0.15) is 0 Å². The summed E-state index contributed by atoms with van der Waals surface area (Å²) in [5.41, 5.74) is 2.21. The lowest BCUT2D eigenvalue weighted by molar-refractivity contribution is 0.0827. The molecule has 2 aromatic heterocycles. The summed E-state index contributed by atoms with van der Waals surface area (Å²) >= 11 is 0. The second-order valence-electron chi connectivity index (χ2n) is 8.38. The summed E-state index contributed by atoms with van der Waals surface area (Å²) in [5.74, 6) is -0.266. The molecule has 4 rings (SSSR count). The van der Waals surface area contributed by atoms with E-state index in [1.807, 2.05) is 32.0 Å². The van der Waals surface area contributed by atoms with Crippen molar-refractivity contribution in [2.24, 2.45) is 0 Å². The molecular formula is C22H26N4O2. The average molecular weight is 378 g/mol. The number of hydrogen-bond acceptors (Lipinski definition) is 4. The molecule has 2 aromatic rings. The Labute approximate surface area is 165 Å². The standard InChI is InChI=1S/C22H26N4O2/c1-15-7-8-17(23-13-15)19(27)25-21-9-4-10-22(14-21,12-11-21)26-20(28)18-6-3-5-16(2)24-18/h3,5-8,13H,4,9-12,14H2,1-2H3,(H,25,27)(H,26,28). The van der Waals surface area contributed by atoms with Crippen LogP contribution in [-0.4, -0.2) is 32.9 Å². The minimum Gasteiger partial charge on any atom is -0.345 e. The number of nitrogens with one attached hydrogen (secondary N) is 2. The van der Waals surface area contributed by atoms with E-state index in [0.29, 0.717) is 11.4 Å². The third kappa shape index (κ3) is 3.63. The maximum absolute atomic E-state index is 12.8. The minimum absolute atomic E-state index is 0.132. The second-order valence-corrected chi connectivity index (χ2v) is 8.38. The molecule has 2 amide bonds. The van der Waals surface area contributed by atoms with Crippen LogP contribution in [0.1, 0.15) is 70.8 Å². The van der Waals surface area contributed by atoms with Gasteiger partial charge in [-0.1, -0.05) is 12.1 Å². The summed E-state index contributed by atoms with van der Waals surface area (Å²) in [6, 6.07) is 9.13. The van der Waals surface area contributed by atoms with Crippen LogP contribution in [0.25, 0.3) is 0 Å². The summed E-state index contributed by atoms with van der Waals surface area (Å²) in [6.45, 7) is 3.83. The van der Waals surface area contributed by atoms with Crippen molar-refractivity contribution in [2.45, 2.75) is 63.5 Å². The van der Waals surface area contributed by atoms with Gasteiger partial charge in [-0.05, 0) is 76.1 Å². The van der Waals surface area contributed by atoms with Crippen LogP contribution in [0.3, 0.4) is 0 Å². The van der Waals surface area contributed by atoms with E-state index in [9.17, 15) is 9.59 Å². The second kappa shape index (κ2) is 7.00. The highest BCUT2D eigenvalue weighted by Gasteiger charge is 2.52. The fraction of sp³-hybridized carbons (Fsp3) is 0.455. The van der Waals surface area contributed by atoms with Crippen molar-refractivity contribution in [1.29, 1.82) is 0 Å². The lowest BCUT2D eigenvalue weighted by atomic mass is 9.78. The Bertz CT molecular complexity index is 911. The number of nitrogens with zero attached hydrogens (tertiary/aromatic N) is 2. The molecule has 2 heterocycles. The molecule has 2 aliphatic carbocycles. The first-order valence-electron chi connectivity index (χ1n) is 9.90. The number of rotatable bonds is 4. The largest absolute Gasteiger partial charge is 0.345 e. The van der Waals surface area contributed by atoms with Crippen molar-refractivity contribution in [3.63, 3.8) is 0 Å². The SMILES string of the molecule is Cc1ccc(C(=O)NC23CCCC(NC(=O)c4cccc(C)n4)(CC2)C3)nc1. The van der Waals surface area contributed by atoms with Gasteiger partial charge in [-0.3, -0.25) is 14.6 Å². The molecule has 0 radical (unpaired) electrons. The number of carbonyl (C=O) groups is 2. The van der Waals surface area contributed by atoms with E-state index in [1.54, 1.807) is 18.3 Å². The van der Waals surface area contributed by atoms with Gasteiger partial charge in [0.25, 0.3) is 11.8 Å². The lowest BCUT2D eigenvalue weighted by Gasteiger charge is -2.40. The van der Waals surface area contributed by atoms with Gasteiger partial charge in [0.2, 0.25) is 0 Å². The number of hydrogen-bond donors (Lipinski definition) is 2. The Morgan fingerprint density at radius 1 is 0.893 bits per heavy atom. The summed E-state index contributed by atoms with van der Waals surface area (Å²) < 4.78 is 0. The predicted octanol–water partition coefficient (Wildman–Crippen LogP) is 3.10. The fourth-order valence-corrected chi connectivity index (χ4v) is 4.71. The topological polar surface area (TPSA) is 84.0 Å². The first kappa shape index (κ1) is 18.6. The smallest absolute Gasteiger partial charge is 0.270 e. The quantitative estimate of drug-likeness (QED) is 0.856. The normalized spacial score (nSPS) is 25.9. The summed E-state index contributed by atoms with van der Waals surface area (Å²) in [4.78, 5) is 34.1. The van der Waals surface area contributed by atoms with Crippen LogP contribution in [0.2, 0.25) is 0 Å². The van der Waals surface area contributed by atoms with Gasteiger partial charge in [-0.25, -0.2) is 4.98 Å². The van der Waals surface area contributed by atoms with Crippen molar-refractivity contribution in [1.82, 2.24) is 20.6 Å². The lowest BCUT2D eigenvalue weighted by Crippen LogP contribution is -2.55. The molecule has 2 saturated carbocycles. The van der Waals surface area contributed by atoms with Crippen LogP contribution >= 0.6 is 0 Å². The highest BCUT2D eigenvalue weighted by atomic mass is 16.2. The predicted molar refractivity (Wildman–Crippen MR) is 106 cm³/mol. The molecule has 146 valence electrons. The van der Waals surface area contributed by atoms with Crippen LogP contribution in [0.5, 0.6) is 0 Å². The van der Waals surface area contributed by atoms with Crippen molar-refractivity contribution < 1.29 is 9.59 Å². The number of aromatic nitrogens is 2. The zero-order valence-electron chi connectivity index (χ0n) is 16.4. The molecule has 0 saturated heterocycles. The third-order valence-electron chi connectivity index (χ3n) is 6.09. The van der Waals surface area contributed by atoms with Crippen molar-refractivity contribution in [3.8, 4) is 0 Å². The third-order valence-corrected chi connectivity index (χ3v) is 6.09. The van der Waals surface area contributed by atoms with E-state index >= 15 is 0 Å². The molecule has 6 nitrogen and oxygen atoms in total. The molecular weight excluding hydrogens is 352 g/mol.